The maximum Gasteiger partial charge on any atom is 0.354 e. The Morgan fingerprint density at radius 1 is 1.45 bits per heavy atom. The number of hydrogen-bond acceptors (Lipinski definition) is 4. The maximum atomic E-state index is 12.4. The van der Waals surface area contributed by atoms with Crippen LogP contribution in [0.1, 0.15) is 22.3 Å². The van der Waals surface area contributed by atoms with Crippen molar-refractivity contribution in [2.75, 3.05) is 5.73 Å². The van der Waals surface area contributed by atoms with E-state index in [1.807, 2.05) is 31.2 Å². The molecule has 2 heterocycles. The molecule has 0 spiro atoms. The smallest absolute Gasteiger partial charge is 0.354 e. The number of anilines is 1. The fourth-order valence-corrected chi connectivity index (χ4v) is 2.89. The number of benzene rings is 1. The van der Waals surface area contributed by atoms with E-state index < -0.39 is 0 Å². The number of aromatic nitrogens is 3. The van der Waals surface area contributed by atoms with Gasteiger partial charge in [0.2, 0.25) is 5.78 Å². The Labute approximate surface area is 120 Å². The van der Waals surface area contributed by atoms with Crippen LogP contribution in [-0.2, 0) is 13.0 Å². The predicted octanol–water partition coefficient (Wildman–Crippen LogP) is 1.94. The van der Waals surface area contributed by atoms with Crippen LogP contribution >= 0.6 is 11.3 Å². The molecule has 0 aliphatic carbocycles. The van der Waals surface area contributed by atoms with E-state index in [1.54, 1.807) is 10.9 Å². The number of fused-ring (bicyclic) bond motifs is 1. The second-order valence-electron chi connectivity index (χ2n) is 4.52. The Balaban J connectivity index is 1.91. The van der Waals surface area contributed by atoms with Crippen LogP contribution in [0.4, 0.5) is 5.13 Å². The summed E-state index contributed by atoms with van der Waals surface area (Å²) in [5, 5.41) is 6.77. The summed E-state index contributed by atoms with van der Waals surface area (Å²) in [6.07, 6.45) is 2.57. The van der Waals surface area contributed by atoms with Crippen molar-refractivity contribution in [3.63, 3.8) is 0 Å². The van der Waals surface area contributed by atoms with Gasteiger partial charge in [-0.15, -0.1) is 4.68 Å². The van der Waals surface area contributed by atoms with Crippen molar-refractivity contribution in [1.82, 2.24) is 10.1 Å². The van der Waals surface area contributed by atoms with Crippen LogP contribution in [0, 0.1) is 0 Å². The number of nitrogen functional groups attached to an aromatic ring is 1. The molecule has 5 nitrogen and oxygen atoms in total. The van der Waals surface area contributed by atoms with E-state index in [-0.39, 0.29) is 12.3 Å². The van der Waals surface area contributed by atoms with Gasteiger partial charge in [0.1, 0.15) is 5.01 Å². The maximum absolute atomic E-state index is 12.4. The number of para-hydroxylation sites is 1. The summed E-state index contributed by atoms with van der Waals surface area (Å²) >= 11 is 1.43. The van der Waals surface area contributed by atoms with E-state index >= 15 is 0 Å². The number of carbonyl (C=O) groups excluding carboxylic acids is 1. The van der Waals surface area contributed by atoms with Crippen LogP contribution < -0.4 is 10.4 Å². The molecule has 0 amide bonds. The number of nitrogens with one attached hydrogen (secondary N) is 1. The summed E-state index contributed by atoms with van der Waals surface area (Å²) in [6.45, 7) is 2.19. The summed E-state index contributed by atoms with van der Waals surface area (Å²) in [6, 6.07) is 7.75. The van der Waals surface area contributed by atoms with Gasteiger partial charge in [-0.1, -0.05) is 30.2 Å². The molecule has 0 saturated carbocycles. The van der Waals surface area contributed by atoms with Gasteiger partial charge in [0, 0.05) is 29.1 Å². The Hall–Kier alpha value is -2.21. The molecule has 1 aromatic carbocycles. The largest absolute Gasteiger partial charge is 0.360 e. The van der Waals surface area contributed by atoms with Gasteiger partial charge in [0.25, 0.3) is 0 Å². The second kappa shape index (κ2) is 5.05. The van der Waals surface area contributed by atoms with Crippen LogP contribution in [0.2, 0.25) is 0 Å². The lowest BCUT2D eigenvalue weighted by Gasteiger charge is -1.96. The molecular weight excluding hydrogens is 272 g/mol. The Morgan fingerprint density at radius 3 is 3.00 bits per heavy atom. The first-order chi connectivity index (χ1) is 9.69. The number of aryl methyl sites for hydroxylation is 1. The lowest BCUT2D eigenvalue weighted by molar-refractivity contribution is -0.723. The SMILES string of the molecule is CCc1n[n+](CC(=O)c2c[nH]c3ccccc23)c(N)s1. The summed E-state index contributed by atoms with van der Waals surface area (Å²) in [5.41, 5.74) is 7.53. The number of nitrogens with zero attached hydrogens (tertiary/aromatic N) is 2. The second-order valence-corrected chi connectivity index (χ2v) is 5.61. The zero-order valence-corrected chi connectivity index (χ0v) is 11.9. The minimum atomic E-state index is 0.00658. The van der Waals surface area contributed by atoms with Crippen molar-refractivity contribution < 1.29 is 9.48 Å². The van der Waals surface area contributed by atoms with Crippen molar-refractivity contribution in [3.8, 4) is 0 Å². The third kappa shape index (κ3) is 2.18. The molecule has 0 fully saturated rings. The van der Waals surface area contributed by atoms with E-state index in [1.165, 1.54) is 11.3 Å². The standard InChI is InChI=1S/C14H14N4OS/c1-2-13-17-18(14(15)20-13)8-12(19)10-7-16-11-6-4-3-5-9(10)11/h3-7,15H,2,8H2,1H3,(H,16,19)/p+1. The van der Waals surface area contributed by atoms with Crippen molar-refractivity contribution in [3.05, 3.63) is 41.0 Å². The minimum Gasteiger partial charge on any atom is -0.360 e. The average molecular weight is 287 g/mol. The first kappa shape index (κ1) is 12.8. The first-order valence-corrected chi connectivity index (χ1v) is 7.25. The normalized spacial score (nSPS) is 11.1. The van der Waals surface area contributed by atoms with E-state index in [0.29, 0.717) is 10.7 Å². The molecule has 6 heteroatoms. The highest BCUT2D eigenvalue weighted by Crippen LogP contribution is 2.18. The van der Waals surface area contributed by atoms with Gasteiger partial charge in [-0.2, -0.15) is 0 Å². The lowest BCUT2D eigenvalue weighted by Crippen LogP contribution is -2.42. The van der Waals surface area contributed by atoms with Gasteiger partial charge in [-0.05, 0) is 17.4 Å². The molecule has 0 aliphatic heterocycles. The summed E-state index contributed by atoms with van der Waals surface area (Å²) in [4.78, 5) is 15.5. The molecule has 0 radical (unpaired) electrons. The topological polar surface area (TPSA) is 75.7 Å². The van der Waals surface area contributed by atoms with Crippen LogP contribution in [0.5, 0.6) is 0 Å². The Kier molecular flexibility index (Phi) is 3.23. The average Bonchev–Trinajstić information content (AvgIpc) is 3.03. The van der Waals surface area contributed by atoms with Crippen LogP contribution in [0.15, 0.2) is 30.5 Å². The number of aromatic amines is 1. The predicted molar refractivity (Wildman–Crippen MR) is 78.7 cm³/mol. The van der Waals surface area contributed by atoms with Gasteiger partial charge in [0.05, 0.1) is 0 Å². The van der Waals surface area contributed by atoms with Crippen molar-refractivity contribution >= 4 is 33.2 Å². The molecule has 3 N–H and O–H groups in total. The molecule has 0 bridgehead atoms. The summed E-state index contributed by atoms with van der Waals surface area (Å²) in [5.74, 6) is 0.00658. The molecule has 0 atom stereocenters. The monoisotopic (exact) mass is 287 g/mol. The van der Waals surface area contributed by atoms with Gasteiger partial charge >= 0.3 is 5.13 Å². The fourth-order valence-electron chi connectivity index (χ4n) is 2.16. The molecule has 3 rings (SSSR count). The number of hydrogen-bond donors (Lipinski definition) is 2. The molecule has 2 aromatic heterocycles. The lowest BCUT2D eigenvalue weighted by atomic mass is 10.1. The Morgan fingerprint density at radius 2 is 2.25 bits per heavy atom. The number of Topliss-reactive ketones (excluding diaryl/α,β-unsaturated/α-hetero) is 1. The van der Waals surface area contributed by atoms with Gasteiger partial charge in [0.15, 0.2) is 6.54 Å². The highest BCUT2D eigenvalue weighted by atomic mass is 32.1. The Bertz CT molecular complexity index is 774. The zero-order chi connectivity index (χ0) is 14.1. The first-order valence-electron chi connectivity index (χ1n) is 6.43. The van der Waals surface area contributed by atoms with E-state index in [4.69, 9.17) is 5.73 Å². The van der Waals surface area contributed by atoms with Gasteiger partial charge < -0.3 is 4.98 Å². The summed E-state index contributed by atoms with van der Waals surface area (Å²) < 4.78 is 1.58. The molecule has 0 unspecified atom stereocenters. The highest BCUT2D eigenvalue weighted by Gasteiger charge is 2.19. The number of carbonyl (C=O) groups is 1. The third-order valence-electron chi connectivity index (χ3n) is 3.19. The zero-order valence-electron chi connectivity index (χ0n) is 11.1. The molecule has 102 valence electrons. The van der Waals surface area contributed by atoms with Gasteiger partial charge in [-0.25, -0.2) is 0 Å². The molecule has 0 aliphatic rings. The summed E-state index contributed by atoms with van der Waals surface area (Å²) in [7, 11) is 0. The van der Waals surface area contributed by atoms with Gasteiger partial charge in [-0.3, -0.25) is 10.5 Å². The quantitative estimate of drug-likeness (QED) is 0.569. The highest BCUT2D eigenvalue weighted by molar-refractivity contribution is 7.14. The van der Waals surface area contributed by atoms with Crippen molar-refractivity contribution in [1.29, 1.82) is 0 Å². The third-order valence-corrected chi connectivity index (χ3v) is 4.22. The molecular formula is C14H15N4OS+. The number of H-pyrrole nitrogens is 1. The number of ketones is 1. The number of nitrogens with two attached hydrogens (primary N) is 1. The van der Waals surface area contributed by atoms with Crippen molar-refractivity contribution in [2.24, 2.45) is 0 Å². The van der Waals surface area contributed by atoms with Crippen LogP contribution in [0.25, 0.3) is 10.9 Å². The fraction of sp³-hybridized carbons (Fsp3) is 0.214. The molecule has 3 aromatic rings. The van der Waals surface area contributed by atoms with Crippen LogP contribution in [-0.4, -0.2) is 15.9 Å². The van der Waals surface area contributed by atoms with E-state index in [9.17, 15) is 4.79 Å². The molecule has 0 saturated heterocycles. The van der Waals surface area contributed by atoms with E-state index in [2.05, 4.69) is 10.1 Å². The number of rotatable bonds is 4. The van der Waals surface area contributed by atoms with Crippen LogP contribution in [0.3, 0.4) is 0 Å². The molecule has 20 heavy (non-hydrogen) atoms. The van der Waals surface area contributed by atoms with Crippen molar-refractivity contribution in [2.45, 2.75) is 19.9 Å². The van der Waals surface area contributed by atoms with E-state index in [0.717, 1.165) is 22.3 Å². The minimum absolute atomic E-state index is 0.00658.